The lowest BCUT2D eigenvalue weighted by Gasteiger charge is -2.22. The first-order chi connectivity index (χ1) is 21.2. The van der Waals surface area contributed by atoms with Crippen LogP contribution in [0.4, 0.5) is 0 Å². The molecule has 0 bridgehead atoms. The van der Waals surface area contributed by atoms with Crippen LogP contribution in [0.2, 0.25) is 0 Å². The molecule has 0 saturated carbocycles. The fourth-order valence-corrected chi connectivity index (χ4v) is 5.74. The Hall–Kier alpha value is -1.13. The molecule has 0 aromatic heterocycles. The van der Waals surface area contributed by atoms with Crippen LogP contribution in [0.5, 0.6) is 0 Å². The third-order valence-electron chi connectivity index (χ3n) is 8.72. The Balaban J connectivity index is 3.55. The summed E-state index contributed by atoms with van der Waals surface area (Å²) in [7, 11) is 0. The van der Waals surface area contributed by atoms with Gasteiger partial charge in [-0.2, -0.15) is 0 Å². The van der Waals surface area contributed by atoms with Gasteiger partial charge in [-0.3, -0.25) is 4.79 Å². The summed E-state index contributed by atoms with van der Waals surface area (Å²) in [4.78, 5) is 12.3. The molecule has 4 nitrogen and oxygen atoms in total. The average Bonchev–Trinajstić information content (AvgIpc) is 3.01. The number of nitrogens with one attached hydrogen (secondary N) is 1. The first-order valence-electron chi connectivity index (χ1n) is 19.0. The minimum Gasteiger partial charge on any atom is -0.394 e. The van der Waals surface area contributed by atoms with Crippen molar-refractivity contribution in [2.24, 2.45) is 0 Å². The van der Waals surface area contributed by atoms with E-state index in [9.17, 15) is 15.0 Å². The summed E-state index contributed by atoms with van der Waals surface area (Å²) in [6.07, 6.45) is 43.7. The second-order valence-electron chi connectivity index (χ2n) is 13.0. The third kappa shape index (κ3) is 32.1. The van der Waals surface area contributed by atoms with Crippen molar-refractivity contribution < 1.29 is 15.0 Å². The summed E-state index contributed by atoms with van der Waals surface area (Å²) in [5, 5.41) is 23.0. The molecule has 0 aliphatic heterocycles. The zero-order chi connectivity index (χ0) is 31.5. The Labute approximate surface area is 269 Å². The molecule has 0 saturated heterocycles. The van der Waals surface area contributed by atoms with E-state index < -0.39 is 12.1 Å². The molecule has 2 unspecified atom stereocenters. The van der Waals surface area contributed by atoms with Crippen molar-refractivity contribution in [3.8, 4) is 0 Å². The SMILES string of the molecule is CCCCC/C=C\C/C=C\CCCCCCCCCCCC(=O)NC(CO)C(O)CCCCCCCCCCCCCC. The number of hydrogen-bond acceptors (Lipinski definition) is 3. The molecular weight excluding hydrogens is 530 g/mol. The highest BCUT2D eigenvalue weighted by atomic mass is 16.3. The van der Waals surface area contributed by atoms with E-state index in [0.717, 1.165) is 32.1 Å². The molecule has 0 radical (unpaired) electrons. The van der Waals surface area contributed by atoms with Crippen molar-refractivity contribution >= 4 is 5.91 Å². The molecular formula is C39H75NO3. The number of aliphatic hydroxyl groups is 2. The topological polar surface area (TPSA) is 69.6 Å². The van der Waals surface area contributed by atoms with Crippen molar-refractivity contribution in [2.45, 2.75) is 212 Å². The van der Waals surface area contributed by atoms with E-state index in [4.69, 9.17) is 0 Å². The van der Waals surface area contributed by atoms with Crippen LogP contribution < -0.4 is 5.32 Å². The van der Waals surface area contributed by atoms with Gasteiger partial charge in [-0.15, -0.1) is 0 Å². The van der Waals surface area contributed by atoms with Crippen LogP contribution >= 0.6 is 0 Å². The predicted octanol–water partition coefficient (Wildman–Crippen LogP) is 11.3. The number of amides is 1. The van der Waals surface area contributed by atoms with Crippen LogP contribution in [0.3, 0.4) is 0 Å². The van der Waals surface area contributed by atoms with Crippen LogP contribution in [0.1, 0.15) is 200 Å². The van der Waals surface area contributed by atoms with Gasteiger partial charge in [0.1, 0.15) is 0 Å². The number of rotatable bonds is 34. The number of unbranched alkanes of at least 4 members (excludes halogenated alkanes) is 23. The van der Waals surface area contributed by atoms with Gasteiger partial charge in [0.05, 0.1) is 18.8 Å². The average molecular weight is 606 g/mol. The maximum absolute atomic E-state index is 12.3. The van der Waals surface area contributed by atoms with Gasteiger partial charge in [0.25, 0.3) is 0 Å². The van der Waals surface area contributed by atoms with Gasteiger partial charge in [-0.05, 0) is 44.9 Å². The fourth-order valence-electron chi connectivity index (χ4n) is 5.74. The summed E-state index contributed by atoms with van der Waals surface area (Å²) in [5.74, 6) is -0.0372. The third-order valence-corrected chi connectivity index (χ3v) is 8.72. The van der Waals surface area contributed by atoms with Crippen molar-refractivity contribution in [1.82, 2.24) is 5.32 Å². The van der Waals surface area contributed by atoms with E-state index >= 15 is 0 Å². The second-order valence-corrected chi connectivity index (χ2v) is 13.0. The molecule has 0 aromatic carbocycles. The van der Waals surface area contributed by atoms with Gasteiger partial charge in [0.15, 0.2) is 0 Å². The van der Waals surface area contributed by atoms with Crippen LogP contribution in [0.25, 0.3) is 0 Å². The number of aliphatic hydroxyl groups excluding tert-OH is 2. The summed E-state index contributed by atoms with van der Waals surface area (Å²) in [5.41, 5.74) is 0. The normalized spacial score (nSPS) is 13.3. The van der Waals surface area contributed by atoms with Crippen LogP contribution in [0.15, 0.2) is 24.3 Å². The van der Waals surface area contributed by atoms with Gasteiger partial charge in [-0.1, -0.05) is 173 Å². The van der Waals surface area contributed by atoms with E-state index in [1.807, 2.05) is 0 Å². The molecule has 0 aliphatic carbocycles. The Morgan fingerprint density at radius 1 is 0.558 bits per heavy atom. The maximum Gasteiger partial charge on any atom is 0.220 e. The monoisotopic (exact) mass is 606 g/mol. The highest BCUT2D eigenvalue weighted by Crippen LogP contribution is 2.15. The molecule has 0 heterocycles. The maximum atomic E-state index is 12.3. The van der Waals surface area contributed by atoms with Gasteiger partial charge in [0.2, 0.25) is 5.91 Å². The highest BCUT2D eigenvalue weighted by Gasteiger charge is 2.19. The van der Waals surface area contributed by atoms with Crippen molar-refractivity contribution in [3.63, 3.8) is 0 Å². The summed E-state index contributed by atoms with van der Waals surface area (Å²) in [6, 6.07) is -0.534. The van der Waals surface area contributed by atoms with Crippen LogP contribution in [0, 0.1) is 0 Å². The largest absolute Gasteiger partial charge is 0.394 e. The van der Waals surface area contributed by atoms with Crippen molar-refractivity contribution in [3.05, 3.63) is 24.3 Å². The molecule has 254 valence electrons. The fraction of sp³-hybridized carbons (Fsp3) is 0.872. The standard InChI is InChI=1S/C39H75NO3/c1-3-5-7-9-11-13-15-17-18-19-20-21-22-23-25-27-29-31-33-35-39(43)40-37(36-41)38(42)34-32-30-28-26-24-16-14-12-10-8-6-4-2/h11,13,17-18,37-38,41-42H,3-10,12,14-16,19-36H2,1-2H3,(H,40,43)/b13-11-,18-17-. The minimum absolute atomic E-state index is 0.0372. The van der Waals surface area contributed by atoms with Gasteiger partial charge in [-0.25, -0.2) is 0 Å². The lowest BCUT2D eigenvalue weighted by Crippen LogP contribution is -2.45. The molecule has 1 amide bonds. The predicted molar refractivity (Wildman–Crippen MR) is 189 cm³/mol. The number of hydrogen-bond donors (Lipinski definition) is 3. The van der Waals surface area contributed by atoms with Gasteiger partial charge in [0, 0.05) is 6.42 Å². The zero-order valence-electron chi connectivity index (χ0n) is 29.0. The quantitative estimate of drug-likeness (QED) is 0.0505. The number of carbonyl (C=O) groups is 1. The van der Waals surface area contributed by atoms with E-state index in [1.54, 1.807) is 0 Å². The zero-order valence-corrected chi connectivity index (χ0v) is 29.0. The second kappa shape index (κ2) is 35.4. The van der Waals surface area contributed by atoms with Crippen LogP contribution in [-0.2, 0) is 4.79 Å². The van der Waals surface area contributed by atoms with Gasteiger partial charge < -0.3 is 15.5 Å². The molecule has 2 atom stereocenters. The molecule has 43 heavy (non-hydrogen) atoms. The summed E-state index contributed by atoms with van der Waals surface area (Å²) in [6.45, 7) is 4.32. The molecule has 0 aliphatic rings. The lowest BCUT2D eigenvalue weighted by atomic mass is 10.0. The number of allylic oxidation sites excluding steroid dienone is 4. The molecule has 0 fully saturated rings. The Morgan fingerprint density at radius 3 is 1.44 bits per heavy atom. The Morgan fingerprint density at radius 2 is 0.953 bits per heavy atom. The Kier molecular flexibility index (Phi) is 34.4. The molecule has 4 heteroatoms. The minimum atomic E-state index is -0.657. The first kappa shape index (κ1) is 41.9. The first-order valence-corrected chi connectivity index (χ1v) is 19.0. The molecule has 0 aromatic rings. The molecule has 0 spiro atoms. The summed E-state index contributed by atoms with van der Waals surface area (Å²) >= 11 is 0. The Bertz CT molecular complexity index is 618. The smallest absolute Gasteiger partial charge is 0.220 e. The van der Waals surface area contributed by atoms with E-state index in [1.165, 1.54) is 141 Å². The van der Waals surface area contributed by atoms with Crippen molar-refractivity contribution in [2.75, 3.05) is 6.61 Å². The van der Waals surface area contributed by atoms with E-state index in [2.05, 4.69) is 43.5 Å². The van der Waals surface area contributed by atoms with E-state index in [0.29, 0.717) is 12.8 Å². The molecule has 0 rings (SSSR count). The van der Waals surface area contributed by atoms with Crippen molar-refractivity contribution in [1.29, 1.82) is 0 Å². The highest BCUT2D eigenvalue weighted by molar-refractivity contribution is 5.76. The molecule has 3 N–H and O–H groups in total. The summed E-state index contributed by atoms with van der Waals surface area (Å²) < 4.78 is 0. The van der Waals surface area contributed by atoms with Crippen LogP contribution in [-0.4, -0.2) is 34.9 Å². The van der Waals surface area contributed by atoms with E-state index in [-0.39, 0.29) is 12.5 Å². The van der Waals surface area contributed by atoms with Gasteiger partial charge >= 0.3 is 0 Å². The lowest BCUT2D eigenvalue weighted by molar-refractivity contribution is -0.123. The number of carbonyl (C=O) groups excluding carboxylic acids is 1.